The molecule has 250 valence electrons. The molecule has 0 saturated carbocycles. The lowest BCUT2D eigenvalue weighted by Gasteiger charge is -2.36. The number of amides is 3. The molecule has 0 unspecified atom stereocenters. The van der Waals surface area contributed by atoms with Gasteiger partial charge < -0.3 is 29.3 Å². The zero-order valence-corrected chi connectivity index (χ0v) is 28.6. The van der Waals surface area contributed by atoms with Crippen LogP contribution in [0.1, 0.15) is 70.5 Å². The minimum Gasteiger partial charge on any atom is -0.455 e. The molecule has 1 aromatic carbocycles. The van der Waals surface area contributed by atoms with E-state index >= 15 is 0 Å². The second-order valence-electron chi connectivity index (χ2n) is 12.8. The topological polar surface area (TPSA) is 117 Å². The van der Waals surface area contributed by atoms with Gasteiger partial charge in [-0.1, -0.05) is 71.8 Å². The number of carbonyl (C=O) groups is 4. The number of likely N-dealkylation sites (tertiary alicyclic amines) is 1. The molecule has 4 heterocycles. The molecule has 0 aliphatic carbocycles. The summed E-state index contributed by atoms with van der Waals surface area (Å²) in [5.74, 6) is -3.13. The molecule has 0 aromatic heterocycles. The highest BCUT2D eigenvalue weighted by Crippen LogP contribution is 2.59. The average molecular weight is 701 g/mol. The zero-order chi connectivity index (χ0) is 33.0. The number of hydrogen-bond acceptors (Lipinski definition) is 7. The Kier molecular flexibility index (Phi) is 11.1. The van der Waals surface area contributed by atoms with Crippen LogP contribution in [0, 0.1) is 11.8 Å². The second kappa shape index (κ2) is 14.8. The summed E-state index contributed by atoms with van der Waals surface area (Å²) in [6.45, 7) is 5.11. The number of allylic oxidation sites excluding steroid dienone is 1. The van der Waals surface area contributed by atoms with Gasteiger partial charge in [0.1, 0.15) is 29.8 Å². The van der Waals surface area contributed by atoms with E-state index in [2.05, 4.69) is 22.9 Å². The molecule has 0 radical (unpaired) electrons. The summed E-state index contributed by atoms with van der Waals surface area (Å²) in [7, 11) is 1.72. The highest BCUT2D eigenvalue weighted by Gasteiger charge is 2.74. The highest BCUT2D eigenvalue weighted by atomic mass is 79.9. The Morgan fingerprint density at radius 1 is 0.978 bits per heavy atom. The van der Waals surface area contributed by atoms with E-state index < -0.39 is 47.7 Å². The van der Waals surface area contributed by atoms with E-state index in [9.17, 15) is 24.3 Å². The summed E-state index contributed by atoms with van der Waals surface area (Å²) < 4.78 is 13.5. The number of likely N-dealkylation sites (N-methyl/N-ethyl adjacent to an activating group) is 1. The molecular weight excluding hydrogens is 654 g/mol. The van der Waals surface area contributed by atoms with Crippen molar-refractivity contribution < 1.29 is 33.8 Å². The van der Waals surface area contributed by atoms with E-state index in [-0.39, 0.29) is 30.7 Å². The molecule has 3 amide bonds. The van der Waals surface area contributed by atoms with Gasteiger partial charge in [-0.3, -0.25) is 19.2 Å². The fourth-order valence-electron chi connectivity index (χ4n) is 7.31. The molecule has 1 spiro atoms. The molecule has 10 nitrogen and oxygen atoms in total. The number of unbranched alkanes of at least 4 members (excludes halogenated alkanes) is 3. The molecular formula is C35H46BrN3O7. The number of rotatable bonds is 9. The number of aliphatic hydroxyl groups excluding tert-OH is 1. The van der Waals surface area contributed by atoms with E-state index in [1.54, 1.807) is 21.7 Å². The molecule has 2 saturated heterocycles. The van der Waals surface area contributed by atoms with Crippen molar-refractivity contribution in [1.29, 1.82) is 0 Å². The third-order valence-electron chi connectivity index (χ3n) is 9.91. The fraction of sp³-hybridized carbons (Fsp3) is 0.600. The quantitative estimate of drug-likeness (QED) is 0.234. The normalized spacial score (nSPS) is 32.5. The van der Waals surface area contributed by atoms with Crippen LogP contribution in [0.25, 0.3) is 0 Å². The van der Waals surface area contributed by atoms with Crippen LogP contribution in [0.15, 0.2) is 53.0 Å². The Labute approximate surface area is 279 Å². The van der Waals surface area contributed by atoms with Crippen molar-refractivity contribution >= 4 is 39.6 Å². The van der Waals surface area contributed by atoms with Crippen LogP contribution in [-0.4, -0.2) is 101 Å². The molecule has 5 bridgehead atoms. The van der Waals surface area contributed by atoms with E-state index in [0.717, 1.165) is 18.4 Å². The number of esters is 1. The first kappa shape index (κ1) is 34.3. The van der Waals surface area contributed by atoms with Crippen LogP contribution in [0.4, 0.5) is 0 Å². The Bertz CT molecular complexity index is 1350. The van der Waals surface area contributed by atoms with Crippen molar-refractivity contribution in [3.63, 3.8) is 0 Å². The van der Waals surface area contributed by atoms with E-state index in [1.165, 1.54) is 0 Å². The number of fused-ring (bicyclic) bond motifs is 2. The first-order valence-corrected chi connectivity index (χ1v) is 17.4. The van der Waals surface area contributed by atoms with E-state index in [1.807, 2.05) is 55.5 Å². The number of carbonyl (C=O) groups excluding carboxylic acids is 4. The standard InChI is InChI=1S/C35H46BrN3O7/c1-4-5-18-38-19-12-7-11-17-26(41)37(3)23(2)29(24-15-9-6-10-16-24)45-34(44)27-28-32(42)39(20-13-8-14-21-40)31(33(38)43)35(28)22-25(36)30(27)46-35/h6-7,9-10,12,15-16,22-23,27-31,40H,4-5,8,11,13-14,17-21H2,1-3H3/b12-7-/t23-,27+,28-,29+,30+,31+,35-/m0/s1. The summed E-state index contributed by atoms with van der Waals surface area (Å²) in [6, 6.07) is 7.87. The monoisotopic (exact) mass is 699 g/mol. The minimum atomic E-state index is -1.33. The van der Waals surface area contributed by atoms with Crippen molar-refractivity contribution in [2.75, 3.05) is 33.3 Å². The Balaban J connectivity index is 1.59. The van der Waals surface area contributed by atoms with Gasteiger partial charge in [-0.05, 0) is 50.7 Å². The van der Waals surface area contributed by atoms with E-state index in [0.29, 0.717) is 49.8 Å². The van der Waals surface area contributed by atoms with Gasteiger partial charge in [0, 0.05) is 44.2 Å². The zero-order valence-electron chi connectivity index (χ0n) is 27.0. The Hall–Kier alpha value is -3.02. The number of benzene rings is 1. The summed E-state index contributed by atoms with van der Waals surface area (Å²) in [4.78, 5) is 61.6. The average Bonchev–Trinajstić information content (AvgIpc) is 3.65. The van der Waals surface area contributed by atoms with Gasteiger partial charge in [0.05, 0.1) is 12.0 Å². The third kappa shape index (κ3) is 6.42. The van der Waals surface area contributed by atoms with Crippen LogP contribution in [0.3, 0.4) is 0 Å². The summed E-state index contributed by atoms with van der Waals surface area (Å²) >= 11 is 3.62. The van der Waals surface area contributed by atoms with Gasteiger partial charge in [-0.2, -0.15) is 0 Å². The maximum absolute atomic E-state index is 14.6. The molecule has 4 aliphatic rings. The van der Waals surface area contributed by atoms with Crippen LogP contribution < -0.4 is 0 Å². The Morgan fingerprint density at radius 3 is 2.46 bits per heavy atom. The largest absolute Gasteiger partial charge is 0.455 e. The molecule has 11 heteroatoms. The van der Waals surface area contributed by atoms with Crippen LogP contribution in [0.5, 0.6) is 0 Å². The molecule has 1 N–H and O–H groups in total. The van der Waals surface area contributed by atoms with Crippen molar-refractivity contribution in [2.24, 2.45) is 11.8 Å². The molecule has 46 heavy (non-hydrogen) atoms. The lowest BCUT2D eigenvalue weighted by Crippen LogP contribution is -2.56. The van der Waals surface area contributed by atoms with Crippen LogP contribution >= 0.6 is 15.9 Å². The molecule has 2 fully saturated rings. The summed E-state index contributed by atoms with van der Waals surface area (Å²) in [6.07, 6.45) is 8.43. The van der Waals surface area contributed by atoms with Crippen LogP contribution in [0.2, 0.25) is 0 Å². The predicted octanol–water partition coefficient (Wildman–Crippen LogP) is 4.13. The van der Waals surface area contributed by atoms with Crippen molar-refractivity contribution in [1.82, 2.24) is 14.7 Å². The van der Waals surface area contributed by atoms with Gasteiger partial charge in [0.2, 0.25) is 17.7 Å². The first-order valence-electron chi connectivity index (χ1n) is 16.6. The molecule has 4 aliphatic heterocycles. The number of nitrogens with zero attached hydrogens (tertiary/aromatic N) is 3. The lowest BCUT2D eigenvalue weighted by molar-refractivity contribution is -0.164. The van der Waals surface area contributed by atoms with Gasteiger partial charge >= 0.3 is 5.97 Å². The third-order valence-corrected chi connectivity index (χ3v) is 10.6. The first-order chi connectivity index (χ1) is 22.2. The van der Waals surface area contributed by atoms with Gasteiger partial charge in [-0.15, -0.1) is 0 Å². The number of cyclic esters (lactones) is 1. The van der Waals surface area contributed by atoms with Crippen LogP contribution in [-0.2, 0) is 28.7 Å². The number of hydrogen-bond donors (Lipinski definition) is 1. The Morgan fingerprint density at radius 2 is 1.74 bits per heavy atom. The van der Waals surface area contributed by atoms with Gasteiger partial charge in [0.15, 0.2) is 0 Å². The molecule has 5 rings (SSSR count). The summed E-state index contributed by atoms with van der Waals surface area (Å²) in [5, 5.41) is 9.34. The second-order valence-corrected chi connectivity index (χ2v) is 13.7. The highest BCUT2D eigenvalue weighted by molar-refractivity contribution is 9.11. The number of ether oxygens (including phenoxy) is 2. The van der Waals surface area contributed by atoms with Gasteiger partial charge in [-0.25, -0.2) is 0 Å². The maximum Gasteiger partial charge on any atom is 0.313 e. The maximum atomic E-state index is 14.6. The minimum absolute atomic E-state index is 0.0518. The fourth-order valence-corrected chi connectivity index (χ4v) is 8.05. The molecule has 1 aromatic rings. The van der Waals surface area contributed by atoms with E-state index in [4.69, 9.17) is 9.47 Å². The summed E-state index contributed by atoms with van der Waals surface area (Å²) in [5.41, 5.74) is -0.599. The number of halogens is 1. The van der Waals surface area contributed by atoms with Gasteiger partial charge in [0.25, 0.3) is 0 Å². The smallest absolute Gasteiger partial charge is 0.313 e. The number of aliphatic hydroxyl groups is 1. The van der Waals surface area contributed by atoms with Crippen molar-refractivity contribution in [3.05, 3.63) is 58.6 Å². The predicted molar refractivity (Wildman–Crippen MR) is 175 cm³/mol. The molecule has 7 atom stereocenters. The van der Waals surface area contributed by atoms with Crippen molar-refractivity contribution in [2.45, 2.75) is 88.7 Å². The van der Waals surface area contributed by atoms with Crippen molar-refractivity contribution in [3.8, 4) is 0 Å². The SMILES string of the molecule is CCCCN1C/C=C\CCC(=O)N(C)[C@@H](C)[C@H](c2ccccc2)OC(=O)[C@H]2[C@@H]3O[C@@]4(C=C3Br)[C@@H]2C(=O)N(CCCCCO)[C@@H]4C1=O. The lowest BCUT2D eigenvalue weighted by atomic mass is 9.74.